The van der Waals surface area contributed by atoms with Gasteiger partial charge in [0, 0.05) is 16.8 Å². The van der Waals surface area contributed by atoms with Gasteiger partial charge in [-0.25, -0.2) is 0 Å². The van der Waals surface area contributed by atoms with Gasteiger partial charge in [-0.3, -0.25) is 14.9 Å². The molecule has 2 aromatic rings. The molecule has 0 saturated heterocycles. The Kier molecular flexibility index (Phi) is 5.94. The third-order valence-corrected chi connectivity index (χ3v) is 4.22. The number of nitro benzene ring substituents is 1. The molecule has 1 amide bonds. The first-order valence-corrected chi connectivity index (χ1v) is 8.06. The van der Waals surface area contributed by atoms with Crippen LogP contribution in [-0.2, 0) is 11.0 Å². The summed E-state index contributed by atoms with van der Waals surface area (Å²) in [6.07, 6.45) is -4.71. The van der Waals surface area contributed by atoms with Gasteiger partial charge >= 0.3 is 6.18 Å². The first kappa shape index (κ1) is 20.5. The second-order valence-electron chi connectivity index (χ2n) is 5.75. The van der Waals surface area contributed by atoms with Crippen molar-refractivity contribution >= 4 is 34.6 Å². The zero-order chi connectivity index (χ0) is 20.4. The molecular formula is C17H15ClF3N3O3. The van der Waals surface area contributed by atoms with E-state index in [2.05, 4.69) is 10.6 Å². The number of amides is 1. The third kappa shape index (κ3) is 4.88. The fourth-order valence-corrected chi connectivity index (χ4v) is 2.44. The van der Waals surface area contributed by atoms with Crippen molar-refractivity contribution in [3.8, 4) is 0 Å². The molecule has 0 saturated carbocycles. The molecule has 0 unspecified atom stereocenters. The van der Waals surface area contributed by atoms with Crippen LogP contribution in [0.5, 0.6) is 0 Å². The molecule has 6 nitrogen and oxygen atoms in total. The molecule has 0 fully saturated rings. The van der Waals surface area contributed by atoms with Crippen LogP contribution in [0.4, 0.5) is 30.2 Å². The third-order valence-electron chi connectivity index (χ3n) is 3.81. The van der Waals surface area contributed by atoms with Crippen molar-refractivity contribution in [1.29, 1.82) is 0 Å². The summed E-state index contributed by atoms with van der Waals surface area (Å²) in [5.74, 6) is -0.533. The van der Waals surface area contributed by atoms with Crippen LogP contribution in [0.25, 0.3) is 0 Å². The molecule has 0 spiro atoms. The predicted molar refractivity (Wildman–Crippen MR) is 96.0 cm³/mol. The standard InChI is InChI=1S/C17H15ClF3N3O3/c1-9-12(18)4-3-5-13(9)23-16(25)10(2)22-14-7-6-11(17(19,20)21)8-15(14)24(26)27/h3-8,10,22H,1-2H3,(H,23,25)/t10-/m0/s1. The molecule has 27 heavy (non-hydrogen) atoms. The van der Waals surface area contributed by atoms with Crippen LogP contribution in [0.3, 0.4) is 0 Å². The Morgan fingerprint density at radius 2 is 1.89 bits per heavy atom. The normalized spacial score (nSPS) is 12.4. The Labute approximate surface area is 157 Å². The van der Waals surface area contributed by atoms with Gasteiger partial charge in [0.2, 0.25) is 5.91 Å². The maximum Gasteiger partial charge on any atom is 0.416 e. The fraction of sp³-hybridized carbons (Fsp3) is 0.235. The van der Waals surface area contributed by atoms with Crippen molar-refractivity contribution < 1.29 is 22.9 Å². The SMILES string of the molecule is Cc1c(Cl)cccc1NC(=O)[C@H](C)Nc1ccc(C(F)(F)F)cc1[N+](=O)[O-]. The zero-order valence-corrected chi connectivity index (χ0v) is 15.0. The minimum absolute atomic E-state index is 0.196. The summed E-state index contributed by atoms with van der Waals surface area (Å²) in [7, 11) is 0. The molecule has 0 aliphatic carbocycles. The van der Waals surface area contributed by atoms with Gasteiger partial charge in [-0.1, -0.05) is 17.7 Å². The Morgan fingerprint density at radius 3 is 2.48 bits per heavy atom. The average Bonchev–Trinajstić information content (AvgIpc) is 2.58. The maximum absolute atomic E-state index is 12.7. The average molecular weight is 402 g/mol. The molecule has 0 heterocycles. The van der Waals surface area contributed by atoms with Gasteiger partial charge in [-0.2, -0.15) is 13.2 Å². The lowest BCUT2D eigenvalue weighted by molar-refractivity contribution is -0.384. The summed E-state index contributed by atoms with van der Waals surface area (Å²) in [5, 5.41) is 16.7. The summed E-state index contributed by atoms with van der Waals surface area (Å²) >= 11 is 5.98. The molecule has 0 bridgehead atoms. The maximum atomic E-state index is 12.7. The Morgan fingerprint density at radius 1 is 1.22 bits per heavy atom. The molecular weight excluding hydrogens is 387 g/mol. The van der Waals surface area contributed by atoms with Crippen LogP contribution in [0.2, 0.25) is 5.02 Å². The molecule has 1 atom stereocenters. The van der Waals surface area contributed by atoms with Crippen molar-refractivity contribution in [2.24, 2.45) is 0 Å². The number of nitrogens with zero attached hydrogens (tertiary/aromatic N) is 1. The summed E-state index contributed by atoms with van der Waals surface area (Å²) in [5.41, 5.74) is -1.02. The van der Waals surface area contributed by atoms with Gasteiger partial charge in [0.1, 0.15) is 11.7 Å². The molecule has 2 aromatic carbocycles. The Hall–Kier alpha value is -2.81. The summed E-state index contributed by atoms with van der Waals surface area (Å²) in [6, 6.07) is 6.03. The number of halogens is 4. The number of anilines is 2. The molecule has 0 radical (unpaired) electrons. The van der Waals surface area contributed by atoms with Crippen LogP contribution in [-0.4, -0.2) is 16.9 Å². The van der Waals surface area contributed by atoms with Gasteiger partial charge < -0.3 is 10.6 Å². The number of hydrogen-bond donors (Lipinski definition) is 2. The van der Waals surface area contributed by atoms with E-state index in [0.717, 1.165) is 6.07 Å². The molecule has 10 heteroatoms. The highest BCUT2D eigenvalue weighted by Gasteiger charge is 2.33. The lowest BCUT2D eigenvalue weighted by atomic mass is 10.1. The zero-order valence-electron chi connectivity index (χ0n) is 14.2. The highest BCUT2D eigenvalue weighted by atomic mass is 35.5. The van der Waals surface area contributed by atoms with Crippen LogP contribution in [0.1, 0.15) is 18.1 Å². The molecule has 0 aromatic heterocycles. The molecule has 2 rings (SSSR count). The van der Waals surface area contributed by atoms with Gasteiger partial charge in [0.25, 0.3) is 5.69 Å². The van der Waals surface area contributed by atoms with Gasteiger partial charge in [-0.15, -0.1) is 0 Å². The van der Waals surface area contributed by atoms with E-state index in [1.54, 1.807) is 25.1 Å². The molecule has 0 aliphatic rings. The minimum Gasteiger partial charge on any atom is -0.368 e. The van der Waals surface area contributed by atoms with E-state index in [1.165, 1.54) is 6.92 Å². The highest BCUT2D eigenvalue weighted by Crippen LogP contribution is 2.35. The number of alkyl halides is 3. The Balaban J connectivity index is 2.21. The lowest BCUT2D eigenvalue weighted by Gasteiger charge is -2.17. The van der Waals surface area contributed by atoms with Gasteiger partial charge in [-0.05, 0) is 43.7 Å². The second-order valence-corrected chi connectivity index (χ2v) is 6.16. The fourth-order valence-electron chi connectivity index (χ4n) is 2.26. The number of hydrogen-bond acceptors (Lipinski definition) is 4. The largest absolute Gasteiger partial charge is 0.416 e. The van der Waals surface area contributed by atoms with Crippen LogP contribution < -0.4 is 10.6 Å². The van der Waals surface area contributed by atoms with E-state index in [0.29, 0.717) is 28.4 Å². The summed E-state index contributed by atoms with van der Waals surface area (Å²) in [4.78, 5) is 22.5. The number of nitro groups is 1. The Bertz CT molecular complexity index is 887. The topological polar surface area (TPSA) is 84.3 Å². The highest BCUT2D eigenvalue weighted by molar-refractivity contribution is 6.31. The lowest BCUT2D eigenvalue weighted by Crippen LogP contribution is -2.32. The van der Waals surface area contributed by atoms with Gasteiger partial charge in [0.15, 0.2) is 0 Å². The number of carbonyl (C=O) groups excluding carboxylic acids is 1. The van der Waals surface area contributed by atoms with Crippen molar-refractivity contribution in [3.05, 3.63) is 62.7 Å². The first-order valence-electron chi connectivity index (χ1n) is 7.69. The minimum atomic E-state index is -4.71. The van der Waals surface area contributed by atoms with E-state index in [1.807, 2.05) is 0 Å². The van der Waals surface area contributed by atoms with Crippen molar-refractivity contribution in [3.63, 3.8) is 0 Å². The van der Waals surface area contributed by atoms with E-state index in [4.69, 9.17) is 11.6 Å². The van der Waals surface area contributed by atoms with Gasteiger partial charge in [0.05, 0.1) is 10.5 Å². The van der Waals surface area contributed by atoms with Crippen LogP contribution >= 0.6 is 11.6 Å². The number of rotatable bonds is 5. The monoisotopic (exact) mass is 401 g/mol. The number of nitrogens with one attached hydrogen (secondary N) is 2. The molecule has 0 aliphatic heterocycles. The number of benzene rings is 2. The van der Waals surface area contributed by atoms with E-state index >= 15 is 0 Å². The summed E-state index contributed by atoms with van der Waals surface area (Å²) < 4.78 is 38.2. The smallest absolute Gasteiger partial charge is 0.368 e. The van der Waals surface area contributed by atoms with E-state index < -0.39 is 34.3 Å². The van der Waals surface area contributed by atoms with Crippen LogP contribution in [0, 0.1) is 17.0 Å². The van der Waals surface area contributed by atoms with Crippen molar-refractivity contribution in [1.82, 2.24) is 0 Å². The number of carbonyl (C=O) groups is 1. The predicted octanol–water partition coefficient (Wildman–Crippen LogP) is 5.01. The van der Waals surface area contributed by atoms with Crippen LogP contribution in [0.15, 0.2) is 36.4 Å². The summed E-state index contributed by atoms with van der Waals surface area (Å²) in [6.45, 7) is 3.13. The van der Waals surface area contributed by atoms with Crippen molar-refractivity contribution in [2.45, 2.75) is 26.1 Å². The molecule has 144 valence electrons. The van der Waals surface area contributed by atoms with E-state index in [9.17, 15) is 28.1 Å². The first-order chi connectivity index (χ1) is 12.5. The van der Waals surface area contributed by atoms with E-state index in [-0.39, 0.29) is 5.69 Å². The van der Waals surface area contributed by atoms with Crippen molar-refractivity contribution in [2.75, 3.05) is 10.6 Å². The molecule has 2 N–H and O–H groups in total. The second kappa shape index (κ2) is 7.83. The quantitative estimate of drug-likeness (QED) is 0.544.